The number of thiazole rings is 1. The lowest BCUT2D eigenvalue weighted by molar-refractivity contribution is 0.181. The highest BCUT2D eigenvalue weighted by atomic mass is 32.2. The summed E-state index contributed by atoms with van der Waals surface area (Å²) < 4.78 is 31.5. The van der Waals surface area contributed by atoms with E-state index < -0.39 is 10.0 Å². The number of ether oxygens (including phenoxy) is 1. The molecular weight excluding hydrogens is 382 g/mol. The summed E-state index contributed by atoms with van der Waals surface area (Å²) in [5.41, 5.74) is 2.00. The van der Waals surface area contributed by atoms with Crippen LogP contribution in [0.4, 0.5) is 0 Å². The second-order valence-electron chi connectivity index (χ2n) is 6.70. The predicted octanol–water partition coefficient (Wildman–Crippen LogP) is 3.07. The zero-order valence-corrected chi connectivity index (χ0v) is 17.6. The van der Waals surface area contributed by atoms with Crippen molar-refractivity contribution in [3.05, 3.63) is 34.7 Å². The van der Waals surface area contributed by atoms with Crippen LogP contribution in [0.15, 0.2) is 29.6 Å². The van der Waals surface area contributed by atoms with Gasteiger partial charge < -0.3 is 4.74 Å². The fourth-order valence-electron chi connectivity index (χ4n) is 3.11. The van der Waals surface area contributed by atoms with Gasteiger partial charge in [0.05, 0.1) is 25.1 Å². The first-order valence-corrected chi connectivity index (χ1v) is 11.8. The lowest BCUT2D eigenvalue weighted by Crippen LogP contribution is -2.48. The van der Waals surface area contributed by atoms with Crippen molar-refractivity contribution >= 4 is 21.4 Å². The predicted molar refractivity (Wildman–Crippen MR) is 110 cm³/mol. The van der Waals surface area contributed by atoms with Crippen molar-refractivity contribution in [3.63, 3.8) is 0 Å². The van der Waals surface area contributed by atoms with E-state index in [1.165, 1.54) is 0 Å². The molecule has 1 fully saturated rings. The van der Waals surface area contributed by atoms with Crippen molar-refractivity contribution in [2.45, 2.75) is 26.3 Å². The van der Waals surface area contributed by atoms with Crippen LogP contribution >= 0.6 is 11.3 Å². The number of unbranched alkanes of at least 4 members (excludes halogenated alkanes) is 1. The maximum Gasteiger partial charge on any atom is 0.214 e. The number of hydrogen-bond acceptors (Lipinski definition) is 6. The van der Waals surface area contributed by atoms with Crippen molar-refractivity contribution in [1.29, 1.82) is 0 Å². The SMILES string of the molecule is CCCCS(=O)(=O)N1CCN(Cc2nc(-c3cccc(OC)c3)cs2)CC1. The first kappa shape index (κ1) is 20.3. The quantitative estimate of drug-likeness (QED) is 0.670. The van der Waals surface area contributed by atoms with Crippen LogP contribution in [0.2, 0.25) is 0 Å². The molecule has 1 saturated heterocycles. The molecule has 0 spiro atoms. The fourth-order valence-corrected chi connectivity index (χ4v) is 5.59. The molecule has 0 unspecified atom stereocenters. The molecular formula is C19H27N3O3S2. The summed E-state index contributed by atoms with van der Waals surface area (Å²) >= 11 is 1.64. The average Bonchev–Trinajstić information content (AvgIpc) is 3.15. The third-order valence-electron chi connectivity index (χ3n) is 4.76. The van der Waals surface area contributed by atoms with E-state index in [-0.39, 0.29) is 5.75 Å². The van der Waals surface area contributed by atoms with E-state index in [1.807, 2.05) is 31.2 Å². The molecule has 0 amide bonds. The van der Waals surface area contributed by atoms with Crippen LogP contribution in [0.25, 0.3) is 11.3 Å². The number of rotatable bonds is 8. The number of aromatic nitrogens is 1. The second kappa shape index (κ2) is 9.14. The second-order valence-corrected chi connectivity index (χ2v) is 9.73. The van der Waals surface area contributed by atoms with Gasteiger partial charge in [0.15, 0.2) is 0 Å². The summed E-state index contributed by atoms with van der Waals surface area (Å²) in [6.45, 7) is 5.41. The van der Waals surface area contributed by atoms with E-state index in [9.17, 15) is 8.42 Å². The zero-order valence-electron chi connectivity index (χ0n) is 15.9. The molecule has 0 saturated carbocycles. The third-order valence-corrected chi connectivity index (χ3v) is 7.55. The Bertz CT molecular complexity index is 843. The highest BCUT2D eigenvalue weighted by molar-refractivity contribution is 7.89. The van der Waals surface area contributed by atoms with E-state index in [1.54, 1.807) is 22.8 Å². The molecule has 0 N–H and O–H groups in total. The first-order valence-electron chi connectivity index (χ1n) is 9.31. The molecule has 0 aliphatic carbocycles. The molecule has 6 nitrogen and oxygen atoms in total. The Labute approximate surface area is 165 Å². The highest BCUT2D eigenvalue weighted by Crippen LogP contribution is 2.26. The van der Waals surface area contributed by atoms with Crippen LogP contribution in [0.1, 0.15) is 24.8 Å². The van der Waals surface area contributed by atoms with Gasteiger partial charge in [-0.05, 0) is 18.6 Å². The number of methoxy groups -OCH3 is 1. The molecule has 1 aliphatic heterocycles. The molecule has 1 aliphatic rings. The minimum atomic E-state index is -3.10. The molecule has 1 aromatic carbocycles. The molecule has 0 bridgehead atoms. The summed E-state index contributed by atoms with van der Waals surface area (Å²) in [5, 5.41) is 3.12. The van der Waals surface area contributed by atoms with Crippen molar-refractivity contribution in [2.75, 3.05) is 39.0 Å². The molecule has 3 rings (SSSR count). The topological polar surface area (TPSA) is 62.7 Å². The van der Waals surface area contributed by atoms with Crippen LogP contribution in [-0.2, 0) is 16.6 Å². The van der Waals surface area contributed by atoms with Crippen LogP contribution in [0, 0.1) is 0 Å². The molecule has 2 heterocycles. The summed E-state index contributed by atoms with van der Waals surface area (Å²) in [6, 6.07) is 7.90. The van der Waals surface area contributed by atoms with E-state index in [0.29, 0.717) is 13.1 Å². The Hall–Kier alpha value is -1.48. The Kier molecular flexibility index (Phi) is 6.86. The fraction of sp³-hybridized carbons (Fsp3) is 0.526. The van der Waals surface area contributed by atoms with E-state index in [0.717, 1.165) is 54.5 Å². The Morgan fingerprint density at radius 1 is 1.22 bits per heavy atom. The summed E-state index contributed by atoms with van der Waals surface area (Å²) in [7, 11) is -1.44. The molecule has 0 atom stereocenters. The molecule has 8 heteroatoms. The summed E-state index contributed by atoms with van der Waals surface area (Å²) in [4.78, 5) is 7.03. The number of sulfonamides is 1. The Balaban J connectivity index is 1.56. The maximum absolute atomic E-state index is 12.3. The normalized spacial score (nSPS) is 16.5. The van der Waals surface area contributed by atoms with Gasteiger partial charge in [-0.15, -0.1) is 11.3 Å². The summed E-state index contributed by atoms with van der Waals surface area (Å²) in [6.07, 6.45) is 1.63. The minimum Gasteiger partial charge on any atom is -0.497 e. The zero-order chi connectivity index (χ0) is 19.3. The standard InChI is InChI=1S/C19H27N3O3S2/c1-3-4-12-27(23,24)22-10-8-21(9-11-22)14-19-20-18(15-26-19)16-6-5-7-17(13-16)25-2/h5-7,13,15H,3-4,8-12,14H2,1-2H3. The molecule has 2 aromatic rings. The lowest BCUT2D eigenvalue weighted by Gasteiger charge is -2.33. The summed E-state index contributed by atoms with van der Waals surface area (Å²) in [5.74, 6) is 1.09. The minimum absolute atomic E-state index is 0.264. The van der Waals surface area contributed by atoms with Crippen LogP contribution in [-0.4, -0.2) is 61.6 Å². The van der Waals surface area contributed by atoms with Gasteiger partial charge in [-0.3, -0.25) is 4.90 Å². The van der Waals surface area contributed by atoms with Crippen molar-refractivity contribution < 1.29 is 13.2 Å². The lowest BCUT2D eigenvalue weighted by atomic mass is 10.2. The van der Waals surface area contributed by atoms with E-state index in [2.05, 4.69) is 10.3 Å². The number of nitrogens with zero attached hydrogens (tertiary/aromatic N) is 3. The van der Waals surface area contributed by atoms with Gasteiger partial charge in [0.1, 0.15) is 10.8 Å². The number of benzene rings is 1. The number of piperazine rings is 1. The molecule has 148 valence electrons. The average molecular weight is 410 g/mol. The van der Waals surface area contributed by atoms with Gasteiger partial charge >= 0.3 is 0 Å². The van der Waals surface area contributed by atoms with Gasteiger partial charge in [0.2, 0.25) is 10.0 Å². The van der Waals surface area contributed by atoms with Crippen LogP contribution in [0.3, 0.4) is 0 Å². The molecule has 27 heavy (non-hydrogen) atoms. The van der Waals surface area contributed by atoms with Crippen LogP contribution in [0.5, 0.6) is 5.75 Å². The van der Waals surface area contributed by atoms with Gasteiger partial charge in [0.25, 0.3) is 0 Å². The monoisotopic (exact) mass is 409 g/mol. The Morgan fingerprint density at radius 3 is 2.70 bits per heavy atom. The first-order chi connectivity index (χ1) is 13.0. The highest BCUT2D eigenvalue weighted by Gasteiger charge is 2.26. The van der Waals surface area contributed by atoms with E-state index in [4.69, 9.17) is 9.72 Å². The van der Waals surface area contributed by atoms with Crippen molar-refractivity contribution in [2.24, 2.45) is 0 Å². The Morgan fingerprint density at radius 2 is 2.00 bits per heavy atom. The van der Waals surface area contributed by atoms with Gasteiger partial charge in [-0.1, -0.05) is 25.5 Å². The molecule has 0 radical (unpaired) electrons. The van der Waals surface area contributed by atoms with Crippen molar-refractivity contribution in [1.82, 2.24) is 14.2 Å². The van der Waals surface area contributed by atoms with Gasteiger partial charge in [-0.2, -0.15) is 4.31 Å². The smallest absolute Gasteiger partial charge is 0.214 e. The number of hydrogen-bond donors (Lipinski definition) is 0. The molecule has 1 aromatic heterocycles. The van der Waals surface area contributed by atoms with E-state index >= 15 is 0 Å². The van der Waals surface area contributed by atoms with Crippen molar-refractivity contribution in [3.8, 4) is 17.0 Å². The maximum atomic E-state index is 12.3. The van der Waals surface area contributed by atoms with Gasteiger partial charge in [-0.25, -0.2) is 13.4 Å². The third kappa shape index (κ3) is 5.28. The van der Waals surface area contributed by atoms with Gasteiger partial charge in [0, 0.05) is 37.1 Å². The largest absolute Gasteiger partial charge is 0.497 e. The van der Waals surface area contributed by atoms with Crippen LogP contribution < -0.4 is 4.74 Å².